The van der Waals surface area contributed by atoms with Crippen LogP contribution in [-0.2, 0) is 14.4 Å². The van der Waals surface area contributed by atoms with E-state index in [1.165, 1.54) is 19.3 Å². The third-order valence-corrected chi connectivity index (χ3v) is 8.17. The van der Waals surface area contributed by atoms with Gasteiger partial charge >= 0.3 is 11.9 Å². The van der Waals surface area contributed by atoms with Crippen LogP contribution in [0, 0.1) is 45.3 Å². The standard InChI is InChI=1S/C23H36O5/c1-20(2,3)23(21(4,5)6,16(17(24)25)18(26)27)19(28)22-10-13-7-14(11-22)9-15(8-13)12-22/h13-16H,7-12H2,1-6H3,(H,24,25)(H,26,27). The molecule has 0 amide bonds. The molecule has 5 nitrogen and oxygen atoms in total. The van der Waals surface area contributed by atoms with E-state index in [4.69, 9.17) is 0 Å². The van der Waals surface area contributed by atoms with Gasteiger partial charge in [-0.3, -0.25) is 14.4 Å². The van der Waals surface area contributed by atoms with Gasteiger partial charge in [-0.05, 0) is 67.1 Å². The molecular formula is C23H36O5. The molecule has 0 atom stereocenters. The molecule has 158 valence electrons. The first-order valence-corrected chi connectivity index (χ1v) is 10.7. The van der Waals surface area contributed by atoms with Crippen LogP contribution in [0.1, 0.15) is 80.1 Å². The first-order valence-electron chi connectivity index (χ1n) is 10.7. The SMILES string of the molecule is CC(C)(C)C(C(=O)C12CC3CC(CC(C3)C1)C2)(C(C(=O)O)C(=O)O)C(C)(C)C. The van der Waals surface area contributed by atoms with Gasteiger partial charge in [0.1, 0.15) is 5.78 Å². The lowest BCUT2D eigenvalue weighted by Gasteiger charge is -2.62. The number of aliphatic carboxylic acids is 2. The topological polar surface area (TPSA) is 91.7 Å². The van der Waals surface area contributed by atoms with E-state index in [9.17, 15) is 24.6 Å². The van der Waals surface area contributed by atoms with Crippen molar-refractivity contribution in [3.05, 3.63) is 0 Å². The van der Waals surface area contributed by atoms with Gasteiger partial charge in [-0.1, -0.05) is 41.5 Å². The predicted octanol–water partition coefficient (Wildman–Crippen LogP) is 4.64. The maximum atomic E-state index is 14.5. The van der Waals surface area contributed by atoms with E-state index in [2.05, 4.69) is 0 Å². The number of carboxylic acids is 2. The van der Waals surface area contributed by atoms with Crippen LogP contribution < -0.4 is 0 Å². The van der Waals surface area contributed by atoms with Gasteiger partial charge in [-0.25, -0.2) is 0 Å². The molecule has 0 aromatic carbocycles. The van der Waals surface area contributed by atoms with Gasteiger partial charge in [0.2, 0.25) is 0 Å². The Labute approximate surface area is 168 Å². The number of carboxylic acid groups (broad SMARTS) is 2. The fourth-order valence-corrected chi connectivity index (χ4v) is 8.09. The van der Waals surface area contributed by atoms with Crippen molar-refractivity contribution in [1.82, 2.24) is 0 Å². The molecule has 0 spiro atoms. The van der Waals surface area contributed by atoms with E-state index in [0.29, 0.717) is 17.8 Å². The van der Waals surface area contributed by atoms with Crippen LogP contribution in [0.2, 0.25) is 0 Å². The maximum Gasteiger partial charge on any atom is 0.318 e. The average Bonchev–Trinajstić information content (AvgIpc) is 2.46. The number of Topliss-reactive ketones (excluding diaryl/α,β-unsaturated/α-hetero) is 1. The number of carbonyl (C=O) groups excluding carboxylic acids is 1. The van der Waals surface area contributed by atoms with Crippen LogP contribution in [0.25, 0.3) is 0 Å². The zero-order chi connectivity index (χ0) is 21.3. The summed E-state index contributed by atoms with van der Waals surface area (Å²) < 4.78 is 0. The summed E-state index contributed by atoms with van der Waals surface area (Å²) in [5.74, 6) is -3.07. The Kier molecular flexibility index (Phi) is 4.80. The van der Waals surface area contributed by atoms with Crippen LogP contribution in [0.15, 0.2) is 0 Å². The normalized spacial score (nSPS) is 32.6. The molecule has 0 radical (unpaired) electrons. The number of hydrogen-bond donors (Lipinski definition) is 2. The van der Waals surface area contributed by atoms with Crippen molar-refractivity contribution in [2.24, 2.45) is 45.3 Å². The number of rotatable bonds is 5. The van der Waals surface area contributed by atoms with Crippen molar-refractivity contribution in [2.75, 3.05) is 0 Å². The number of ketones is 1. The fourth-order valence-electron chi connectivity index (χ4n) is 8.09. The highest BCUT2D eigenvalue weighted by atomic mass is 16.4. The molecule has 0 aromatic heterocycles. The highest BCUT2D eigenvalue weighted by molar-refractivity contribution is 6.04. The zero-order valence-corrected chi connectivity index (χ0v) is 18.2. The third kappa shape index (κ3) is 2.83. The molecule has 0 unspecified atom stereocenters. The molecule has 4 fully saturated rings. The van der Waals surface area contributed by atoms with E-state index in [0.717, 1.165) is 19.3 Å². The summed E-state index contributed by atoms with van der Waals surface area (Å²) in [6.45, 7) is 11.1. The van der Waals surface area contributed by atoms with Gasteiger partial charge in [-0.2, -0.15) is 0 Å². The molecule has 4 saturated carbocycles. The highest BCUT2D eigenvalue weighted by Gasteiger charge is 2.70. The molecule has 4 bridgehead atoms. The van der Waals surface area contributed by atoms with Crippen molar-refractivity contribution in [2.45, 2.75) is 80.1 Å². The van der Waals surface area contributed by atoms with Crippen LogP contribution in [0.4, 0.5) is 0 Å². The Morgan fingerprint density at radius 2 is 1.07 bits per heavy atom. The van der Waals surface area contributed by atoms with Gasteiger partial charge in [0, 0.05) is 5.41 Å². The molecular weight excluding hydrogens is 356 g/mol. The molecule has 0 saturated heterocycles. The Morgan fingerprint density at radius 1 is 0.750 bits per heavy atom. The van der Waals surface area contributed by atoms with Crippen LogP contribution >= 0.6 is 0 Å². The van der Waals surface area contributed by atoms with Crippen molar-refractivity contribution in [3.8, 4) is 0 Å². The molecule has 4 aliphatic rings. The Bertz CT molecular complexity index is 627. The molecule has 0 aliphatic heterocycles. The van der Waals surface area contributed by atoms with E-state index in [1.54, 1.807) is 0 Å². The Hall–Kier alpha value is -1.39. The molecule has 2 N–H and O–H groups in total. The molecule has 0 aromatic rings. The minimum atomic E-state index is -1.76. The summed E-state index contributed by atoms with van der Waals surface area (Å²) in [7, 11) is 0. The first-order chi connectivity index (χ1) is 12.7. The lowest BCUT2D eigenvalue weighted by molar-refractivity contribution is -0.195. The monoisotopic (exact) mass is 392 g/mol. The summed E-state index contributed by atoms with van der Waals surface area (Å²) in [6.07, 6.45) is 5.93. The molecule has 28 heavy (non-hydrogen) atoms. The first kappa shape index (κ1) is 21.3. The van der Waals surface area contributed by atoms with E-state index < -0.39 is 39.5 Å². The summed E-state index contributed by atoms with van der Waals surface area (Å²) in [5, 5.41) is 20.0. The average molecular weight is 393 g/mol. The summed E-state index contributed by atoms with van der Waals surface area (Å²) in [5.41, 5.74) is -3.68. The molecule has 5 heteroatoms. The van der Waals surface area contributed by atoms with Crippen LogP contribution in [0.3, 0.4) is 0 Å². The Balaban J connectivity index is 2.23. The second-order valence-corrected chi connectivity index (χ2v) is 11.9. The third-order valence-electron chi connectivity index (χ3n) is 8.17. The summed E-state index contributed by atoms with van der Waals surface area (Å²) in [4.78, 5) is 39.1. The van der Waals surface area contributed by atoms with Gasteiger partial charge in [0.05, 0.1) is 5.41 Å². The minimum absolute atomic E-state index is 0.0890. The second-order valence-electron chi connectivity index (χ2n) is 11.9. The maximum absolute atomic E-state index is 14.5. The van der Waals surface area contributed by atoms with Crippen LogP contribution in [-0.4, -0.2) is 27.9 Å². The van der Waals surface area contributed by atoms with Crippen molar-refractivity contribution >= 4 is 17.7 Å². The molecule has 0 heterocycles. The number of hydrogen-bond acceptors (Lipinski definition) is 3. The largest absolute Gasteiger partial charge is 0.481 e. The summed E-state index contributed by atoms with van der Waals surface area (Å²) in [6, 6.07) is 0. The van der Waals surface area contributed by atoms with Gasteiger partial charge < -0.3 is 10.2 Å². The smallest absolute Gasteiger partial charge is 0.318 e. The quantitative estimate of drug-likeness (QED) is 0.665. The van der Waals surface area contributed by atoms with Gasteiger partial charge in [0.25, 0.3) is 0 Å². The van der Waals surface area contributed by atoms with E-state index in [-0.39, 0.29) is 5.78 Å². The van der Waals surface area contributed by atoms with Gasteiger partial charge in [0.15, 0.2) is 5.92 Å². The highest BCUT2D eigenvalue weighted by Crippen LogP contribution is 2.67. The fraction of sp³-hybridized carbons (Fsp3) is 0.870. The summed E-state index contributed by atoms with van der Waals surface area (Å²) >= 11 is 0. The lowest BCUT2D eigenvalue weighted by Crippen LogP contribution is -2.66. The van der Waals surface area contributed by atoms with E-state index in [1.807, 2.05) is 41.5 Å². The zero-order valence-electron chi connectivity index (χ0n) is 18.2. The van der Waals surface area contributed by atoms with Crippen LogP contribution in [0.5, 0.6) is 0 Å². The van der Waals surface area contributed by atoms with E-state index >= 15 is 0 Å². The molecule has 4 aliphatic carbocycles. The lowest BCUT2D eigenvalue weighted by atomic mass is 9.39. The van der Waals surface area contributed by atoms with Crippen molar-refractivity contribution in [1.29, 1.82) is 0 Å². The minimum Gasteiger partial charge on any atom is -0.481 e. The van der Waals surface area contributed by atoms with Gasteiger partial charge in [-0.15, -0.1) is 0 Å². The Morgan fingerprint density at radius 3 is 1.32 bits per heavy atom. The predicted molar refractivity (Wildman–Crippen MR) is 106 cm³/mol. The van der Waals surface area contributed by atoms with Crippen molar-refractivity contribution < 1.29 is 24.6 Å². The molecule has 4 rings (SSSR count). The number of carbonyl (C=O) groups is 3. The second kappa shape index (κ2) is 6.30. The van der Waals surface area contributed by atoms with Crippen molar-refractivity contribution in [3.63, 3.8) is 0 Å².